The Kier molecular flexibility index (Phi) is 22.8. The number of carbonyl (C=O) groups is 2. The first-order chi connectivity index (χ1) is 41.3. The summed E-state index contributed by atoms with van der Waals surface area (Å²) in [4.78, 5) is 24.3. The highest BCUT2D eigenvalue weighted by Crippen LogP contribution is 2.38. The van der Waals surface area contributed by atoms with Gasteiger partial charge in [0.05, 0.1) is 37.2 Å². The second-order valence-electron chi connectivity index (χ2n) is 23.4. The largest absolute Gasteiger partial charge is 0.516 e. The molecule has 1 fully saturated rings. The highest BCUT2D eigenvalue weighted by molar-refractivity contribution is 9.10. The Morgan fingerprint density at radius 3 is 1.40 bits per heavy atom. The molecule has 1 saturated heterocycles. The Balaban J connectivity index is 0.000000228. The van der Waals surface area contributed by atoms with Crippen LogP contribution in [0.4, 0.5) is 9.59 Å². The molecule has 9 rings (SSSR count). The quantitative estimate of drug-likeness (QED) is 0.0658. The first-order valence-electron chi connectivity index (χ1n) is 28.2. The molecule has 0 bridgehead atoms. The molecule has 8 aromatic rings. The maximum atomic E-state index is 13.4. The summed E-state index contributed by atoms with van der Waals surface area (Å²) in [7, 11) is -5.65. The van der Waals surface area contributed by atoms with Crippen LogP contribution in [0.1, 0.15) is 90.5 Å². The molecule has 4 N–H and O–H groups in total. The van der Waals surface area contributed by atoms with Gasteiger partial charge in [-0.25, -0.2) is 35.9 Å². The molecule has 24 heteroatoms. The van der Waals surface area contributed by atoms with Crippen LogP contribution >= 0.6 is 15.9 Å². The molecule has 89 heavy (non-hydrogen) atoms. The molecule has 474 valence electrons. The zero-order chi connectivity index (χ0) is 64.4. The number of nitrogens with zero attached hydrogens (tertiary/aromatic N) is 4. The number of nitrogens with one attached hydrogen (secondary N) is 4. The van der Waals surface area contributed by atoms with E-state index in [0.29, 0.717) is 28.1 Å². The number of methoxy groups -OCH3 is 2. The number of amides is 4. The van der Waals surface area contributed by atoms with Crippen LogP contribution in [0.3, 0.4) is 0 Å². The van der Waals surface area contributed by atoms with Crippen LogP contribution in [0.2, 0.25) is 0 Å². The first kappa shape index (κ1) is 69.9. The van der Waals surface area contributed by atoms with Crippen molar-refractivity contribution in [3.05, 3.63) is 163 Å². The highest BCUT2D eigenvalue weighted by Gasteiger charge is 2.52. The Bertz CT molecular complexity index is 3940. The molecular weight excluding hydrogens is 1240 g/mol. The molecule has 0 radical (unpaired) electrons. The molecule has 0 atom stereocenters. The molecule has 6 aromatic carbocycles. The van der Waals surface area contributed by atoms with Crippen molar-refractivity contribution in [1.29, 1.82) is 0 Å². The molecule has 3 heterocycles. The van der Waals surface area contributed by atoms with E-state index in [0.717, 1.165) is 51.5 Å². The highest BCUT2D eigenvalue weighted by atomic mass is 79.9. The van der Waals surface area contributed by atoms with Crippen LogP contribution in [0.15, 0.2) is 172 Å². The van der Waals surface area contributed by atoms with Crippen LogP contribution in [-0.4, -0.2) is 92.1 Å². The minimum absolute atomic E-state index is 0. The standard InChI is InChI=1S/C29H32N4O5S.C24H25BrN2O5S.C11H19BN2O2.CH4/c1-6-33-19-23(18-30-33)22-12-15-26(27(17-22)39(35,36)32-28(34)31-29(2,3)4)38-25-9-7-8-21(16-25)20-10-13-24(37-5)14-11-20;1-24(2,3)26-23(28)27-33(29,30)22-15-18(25)10-13-21(22)32-20-7-5-6-17(14-20)16-8-11-19(31-4)12-9-16;1-6-14-8-7-9(13-14)12-15-10(2,3)11(4,5)16-12;/h7-19H,6H2,1-5H3,(H2,31,32,34);5-15H,1-4H3,(H2,26,27,28);7-8H,6H2,1-5H3;1H4. The van der Waals surface area contributed by atoms with Gasteiger partial charge in [-0.2, -0.15) is 10.2 Å². The number of hydrogen-bond donors (Lipinski definition) is 4. The minimum Gasteiger partial charge on any atom is -0.497 e. The second-order valence-corrected chi connectivity index (χ2v) is 27.6. The smallest absolute Gasteiger partial charge is 0.497 e. The van der Waals surface area contributed by atoms with Gasteiger partial charge in [0.2, 0.25) is 0 Å². The van der Waals surface area contributed by atoms with Gasteiger partial charge in [-0.1, -0.05) is 78.0 Å². The van der Waals surface area contributed by atoms with E-state index < -0.39 is 43.2 Å². The Morgan fingerprint density at radius 2 is 0.989 bits per heavy atom. The number of rotatable bonds is 16. The monoisotopic (exact) mass is 1320 g/mol. The van der Waals surface area contributed by atoms with Gasteiger partial charge in [-0.15, -0.1) is 0 Å². The summed E-state index contributed by atoms with van der Waals surface area (Å²) < 4.78 is 95.4. The molecule has 4 amide bonds. The summed E-state index contributed by atoms with van der Waals surface area (Å²) in [6.45, 7) is 24.3. The van der Waals surface area contributed by atoms with Crippen molar-refractivity contribution in [2.24, 2.45) is 0 Å². The van der Waals surface area contributed by atoms with Crippen molar-refractivity contribution in [3.8, 4) is 67.9 Å². The maximum absolute atomic E-state index is 13.4. The van der Waals surface area contributed by atoms with Gasteiger partial charge in [-0.05, 0) is 196 Å². The van der Waals surface area contributed by atoms with E-state index in [1.807, 2.05) is 141 Å². The van der Waals surface area contributed by atoms with Gasteiger partial charge in [0.25, 0.3) is 20.0 Å². The zero-order valence-corrected chi connectivity index (χ0v) is 55.1. The van der Waals surface area contributed by atoms with Gasteiger partial charge >= 0.3 is 19.2 Å². The summed E-state index contributed by atoms with van der Waals surface area (Å²) >= 11 is 3.28. The third-order valence-corrected chi connectivity index (χ3v) is 16.8. The van der Waals surface area contributed by atoms with Crippen LogP contribution in [0, 0.1) is 0 Å². The lowest BCUT2D eigenvalue weighted by atomic mass is 9.85. The van der Waals surface area contributed by atoms with Gasteiger partial charge in [-0.3, -0.25) is 9.36 Å². The average Bonchev–Trinajstić information content (AvgIpc) is 1.86. The second kappa shape index (κ2) is 29.0. The number of sulfonamides is 2. The summed E-state index contributed by atoms with van der Waals surface area (Å²) in [5, 5.41) is 13.9. The van der Waals surface area contributed by atoms with Crippen LogP contribution in [0.5, 0.6) is 34.5 Å². The van der Waals surface area contributed by atoms with E-state index in [1.165, 1.54) is 18.2 Å². The summed E-state index contributed by atoms with van der Waals surface area (Å²) in [6.07, 6.45) is 5.43. The predicted octanol–water partition coefficient (Wildman–Crippen LogP) is 13.4. The lowest BCUT2D eigenvalue weighted by Gasteiger charge is -2.32. The van der Waals surface area contributed by atoms with E-state index in [4.69, 9.17) is 28.3 Å². The number of aromatic nitrogens is 4. The number of urea groups is 2. The molecule has 0 saturated carbocycles. The SMILES string of the molecule is C.CCn1cc(-c2ccc(Oc3cccc(-c4ccc(OC)cc4)c3)c(S(=O)(=O)NC(=O)NC(C)(C)C)c2)cn1.CCn1ccc(B2OC(C)(C)C(C)(C)O2)n1.COc1ccc(-c2cccc(Oc3ccc(Br)cc3S(=O)(=O)NC(=O)NC(C)(C)C)c2)cc1. The summed E-state index contributed by atoms with van der Waals surface area (Å²) in [5.74, 6) is 2.53. The van der Waals surface area contributed by atoms with Gasteiger partial charge < -0.3 is 38.9 Å². The topological polar surface area (TPSA) is 242 Å². The maximum Gasteiger partial charge on any atom is 0.516 e. The lowest BCUT2D eigenvalue weighted by molar-refractivity contribution is 0.00578. The van der Waals surface area contributed by atoms with E-state index in [-0.39, 0.29) is 47.0 Å². The van der Waals surface area contributed by atoms with E-state index in [1.54, 1.807) is 103 Å². The van der Waals surface area contributed by atoms with Gasteiger partial charge in [0.1, 0.15) is 44.3 Å². The number of halogens is 1. The lowest BCUT2D eigenvalue weighted by Crippen LogP contribution is -2.48. The van der Waals surface area contributed by atoms with Crippen molar-refractivity contribution < 1.29 is 54.7 Å². The zero-order valence-electron chi connectivity index (χ0n) is 51.9. The molecule has 2 aromatic heterocycles. The first-order valence-corrected chi connectivity index (χ1v) is 32.0. The van der Waals surface area contributed by atoms with Crippen LogP contribution < -0.4 is 44.6 Å². The van der Waals surface area contributed by atoms with Crippen LogP contribution in [0.25, 0.3) is 33.4 Å². The fourth-order valence-corrected chi connectivity index (χ4v) is 11.1. The summed E-state index contributed by atoms with van der Waals surface area (Å²) in [6, 6.07) is 39.4. The fourth-order valence-electron chi connectivity index (χ4n) is 8.47. The third-order valence-electron chi connectivity index (χ3n) is 13.6. The molecule has 0 aliphatic carbocycles. The van der Waals surface area contributed by atoms with E-state index >= 15 is 0 Å². The Labute approximate surface area is 532 Å². The van der Waals surface area contributed by atoms with Crippen molar-refractivity contribution in [1.82, 2.24) is 39.6 Å². The van der Waals surface area contributed by atoms with Gasteiger partial charge in [0.15, 0.2) is 0 Å². The number of benzene rings is 6. The predicted molar refractivity (Wildman–Crippen MR) is 352 cm³/mol. The van der Waals surface area contributed by atoms with E-state index in [2.05, 4.69) is 48.4 Å². The average molecular weight is 1320 g/mol. The number of hydrogen-bond acceptors (Lipinski definition) is 14. The summed E-state index contributed by atoms with van der Waals surface area (Å²) in [5.41, 5.74) is 4.04. The molecule has 20 nitrogen and oxygen atoms in total. The Morgan fingerprint density at radius 1 is 0.562 bits per heavy atom. The van der Waals surface area contributed by atoms with Crippen molar-refractivity contribution in [2.75, 3.05) is 14.2 Å². The third kappa shape index (κ3) is 19.2. The van der Waals surface area contributed by atoms with Crippen molar-refractivity contribution in [2.45, 2.75) is 136 Å². The molecule has 0 spiro atoms. The number of carbonyl (C=O) groups excluding carboxylic acids is 2. The molecule has 1 aliphatic heterocycles. The number of ether oxygens (including phenoxy) is 4. The van der Waals surface area contributed by atoms with Crippen molar-refractivity contribution >= 4 is 60.8 Å². The molecule has 0 unspecified atom stereocenters. The van der Waals surface area contributed by atoms with Crippen molar-refractivity contribution in [3.63, 3.8) is 0 Å². The molecular formula is C65H80BBrN8O12S2. The Hall–Kier alpha value is -8.16. The fraction of sp³-hybridized carbons (Fsp3) is 0.323. The van der Waals surface area contributed by atoms with E-state index in [9.17, 15) is 26.4 Å². The normalized spacial score (nSPS) is 13.4. The van der Waals surface area contributed by atoms with Gasteiger partial charge in [0, 0.05) is 46.6 Å². The minimum atomic E-state index is -4.31. The van der Waals surface area contributed by atoms with Crippen LogP contribution in [-0.2, 0) is 42.4 Å². The number of aryl methyl sites for hydroxylation is 2. The molecule has 1 aliphatic rings.